The fraction of sp³-hybridized carbons (Fsp3) is 0.163. The molecule has 6 rings (SSSR count). The lowest BCUT2D eigenvalue weighted by molar-refractivity contribution is -0.124. The van der Waals surface area contributed by atoms with E-state index in [1.807, 2.05) is 149 Å². The molecule has 0 fully saturated rings. The zero-order valence-electron chi connectivity index (χ0n) is 28.8. The molecule has 0 saturated heterocycles. The maximum Gasteiger partial charge on any atom is 0.259 e. The number of hydrazine groups is 1. The number of thiophene rings is 2. The molecule has 0 aliphatic rings. The predicted octanol–water partition coefficient (Wildman–Crippen LogP) is 9.93. The third-order valence-electron chi connectivity index (χ3n) is 9.25. The van der Waals surface area contributed by atoms with Gasteiger partial charge in [-0.3, -0.25) is 9.59 Å². The first-order valence-corrected chi connectivity index (χ1v) is 18.2. The average Bonchev–Trinajstić information content (AvgIpc) is 3.61. The summed E-state index contributed by atoms with van der Waals surface area (Å²) in [7, 11) is 0. The van der Waals surface area contributed by atoms with Gasteiger partial charge in [0.25, 0.3) is 11.8 Å². The Balaban J connectivity index is 1.67. The molecule has 2 aromatic heterocycles. The highest BCUT2D eigenvalue weighted by molar-refractivity contribution is 7.17. The van der Waals surface area contributed by atoms with Gasteiger partial charge in [0, 0.05) is 9.75 Å². The molecule has 0 N–H and O–H groups in total. The van der Waals surface area contributed by atoms with E-state index in [0.29, 0.717) is 27.5 Å². The first kappa shape index (κ1) is 35.0. The van der Waals surface area contributed by atoms with Gasteiger partial charge in [0.05, 0.1) is 23.0 Å². The molecule has 6 nitrogen and oxygen atoms in total. The van der Waals surface area contributed by atoms with Crippen LogP contribution in [0.1, 0.15) is 66.1 Å². The molecule has 0 radical (unpaired) electrons. The number of anilines is 2. The van der Waals surface area contributed by atoms with Gasteiger partial charge < -0.3 is 0 Å². The molecular weight excluding hydrogens is 669 g/mol. The van der Waals surface area contributed by atoms with Crippen LogP contribution >= 0.6 is 22.7 Å². The Kier molecular flexibility index (Phi) is 10.6. The zero-order valence-corrected chi connectivity index (χ0v) is 30.5. The van der Waals surface area contributed by atoms with Crippen LogP contribution in [0.15, 0.2) is 121 Å². The molecular formula is C43H36N4O2S2. The Hall–Kier alpha value is -5.80. The fourth-order valence-electron chi connectivity index (χ4n) is 6.28. The van der Waals surface area contributed by atoms with Gasteiger partial charge in [-0.15, -0.1) is 22.7 Å². The Labute approximate surface area is 307 Å². The number of hydrogen-bond acceptors (Lipinski definition) is 6. The highest BCUT2D eigenvalue weighted by atomic mass is 32.1. The van der Waals surface area contributed by atoms with Crippen LogP contribution in [0.2, 0.25) is 0 Å². The maximum atomic E-state index is 15.7. The molecule has 252 valence electrons. The van der Waals surface area contributed by atoms with E-state index in [0.717, 1.165) is 43.1 Å². The van der Waals surface area contributed by atoms with Gasteiger partial charge in [-0.05, 0) is 67.5 Å². The van der Waals surface area contributed by atoms with Crippen molar-refractivity contribution >= 4 is 44.5 Å². The minimum atomic E-state index is -0.839. The quantitative estimate of drug-likeness (QED) is 0.140. The van der Waals surface area contributed by atoms with Crippen molar-refractivity contribution in [2.24, 2.45) is 0 Å². The smallest absolute Gasteiger partial charge is 0.259 e. The number of aryl methyl sites for hydroxylation is 2. The van der Waals surface area contributed by atoms with Crippen LogP contribution in [0.3, 0.4) is 0 Å². The molecule has 4 aromatic carbocycles. The van der Waals surface area contributed by atoms with E-state index in [2.05, 4.69) is 12.1 Å². The third kappa shape index (κ3) is 6.98. The van der Waals surface area contributed by atoms with Crippen LogP contribution in [0.4, 0.5) is 10.0 Å². The van der Waals surface area contributed by atoms with Gasteiger partial charge in [-0.2, -0.15) is 10.5 Å². The second-order valence-electron chi connectivity index (χ2n) is 12.4. The van der Waals surface area contributed by atoms with Crippen molar-refractivity contribution in [3.8, 4) is 12.1 Å². The normalized spacial score (nSPS) is 11.4. The van der Waals surface area contributed by atoms with E-state index in [4.69, 9.17) is 0 Å². The van der Waals surface area contributed by atoms with E-state index in [-0.39, 0.29) is 5.91 Å². The number of nitriles is 2. The number of carbonyl (C=O) groups excluding carboxylic acids is 2. The summed E-state index contributed by atoms with van der Waals surface area (Å²) in [6.07, 6.45) is 0.349. The van der Waals surface area contributed by atoms with Crippen molar-refractivity contribution in [2.75, 3.05) is 10.0 Å². The Morgan fingerprint density at radius 3 is 1.35 bits per heavy atom. The standard InChI is InChI=1S/C43H36N4O2S2/c1-28-30(3)50-42(37(28)26-44)46(40(48)36(33-19-11-6-12-20-33)25-32-17-9-5-10-18-32)47(43-38(27-45)29(2)31(4)51-43)41(49)39(34-21-13-7-14-22-34)35-23-15-8-16-24-35/h5-24,36,39H,25H2,1-4H3. The molecule has 0 spiro atoms. The van der Waals surface area contributed by atoms with Crippen LogP contribution in [0.5, 0.6) is 0 Å². The summed E-state index contributed by atoms with van der Waals surface area (Å²) in [6.45, 7) is 7.54. The largest absolute Gasteiger partial charge is 0.272 e. The molecule has 0 aliphatic heterocycles. The van der Waals surface area contributed by atoms with Crippen LogP contribution in [-0.4, -0.2) is 11.8 Å². The number of carbonyl (C=O) groups is 2. The summed E-state index contributed by atoms with van der Waals surface area (Å²) < 4.78 is 0. The highest BCUT2D eigenvalue weighted by Crippen LogP contribution is 2.44. The Morgan fingerprint density at radius 1 is 0.569 bits per heavy atom. The molecule has 6 aromatic rings. The average molecular weight is 705 g/mol. The van der Waals surface area contributed by atoms with Gasteiger partial charge >= 0.3 is 0 Å². The summed E-state index contributed by atoms with van der Waals surface area (Å²) in [5.74, 6) is -2.38. The predicted molar refractivity (Wildman–Crippen MR) is 206 cm³/mol. The summed E-state index contributed by atoms with van der Waals surface area (Å²) >= 11 is 2.60. The summed E-state index contributed by atoms with van der Waals surface area (Å²) in [6, 6.07) is 43.0. The number of hydrogen-bond donors (Lipinski definition) is 0. The monoisotopic (exact) mass is 704 g/mol. The molecule has 1 unspecified atom stereocenters. The molecule has 1 atom stereocenters. The van der Waals surface area contributed by atoms with Gasteiger partial charge in [0.1, 0.15) is 22.1 Å². The lowest BCUT2D eigenvalue weighted by Crippen LogP contribution is -2.54. The summed E-state index contributed by atoms with van der Waals surface area (Å²) in [5, 5.41) is 24.7. The molecule has 51 heavy (non-hydrogen) atoms. The Bertz CT molecular complexity index is 2210. The SMILES string of the molecule is Cc1sc(N(C(=O)C(Cc2ccccc2)c2ccccc2)N(C(=O)C(c2ccccc2)c2ccccc2)c2sc(C)c(C)c2C#N)c(C#N)c1C. The second-order valence-corrected chi connectivity index (χ2v) is 14.8. The minimum Gasteiger partial charge on any atom is -0.272 e. The van der Waals surface area contributed by atoms with E-state index in [9.17, 15) is 10.5 Å². The second kappa shape index (κ2) is 15.4. The van der Waals surface area contributed by atoms with Crippen molar-refractivity contribution in [1.82, 2.24) is 0 Å². The van der Waals surface area contributed by atoms with Crippen LogP contribution in [-0.2, 0) is 16.0 Å². The van der Waals surface area contributed by atoms with Crippen molar-refractivity contribution in [2.45, 2.75) is 46.0 Å². The van der Waals surface area contributed by atoms with E-state index < -0.39 is 17.7 Å². The summed E-state index contributed by atoms with van der Waals surface area (Å²) in [5.41, 5.74) is 5.29. The van der Waals surface area contributed by atoms with Crippen molar-refractivity contribution in [3.05, 3.63) is 176 Å². The van der Waals surface area contributed by atoms with Crippen LogP contribution in [0, 0.1) is 50.4 Å². The number of amides is 2. The van der Waals surface area contributed by atoms with Crippen LogP contribution in [0.25, 0.3) is 0 Å². The third-order valence-corrected chi connectivity index (χ3v) is 11.6. The van der Waals surface area contributed by atoms with Gasteiger partial charge in [-0.25, -0.2) is 10.0 Å². The number of nitrogens with zero attached hydrogens (tertiary/aromatic N) is 4. The Morgan fingerprint density at radius 2 is 0.941 bits per heavy atom. The first-order chi connectivity index (χ1) is 24.7. The van der Waals surface area contributed by atoms with E-state index in [1.165, 1.54) is 32.7 Å². The molecule has 2 heterocycles. The molecule has 8 heteroatoms. The number of benzene rings is 4. The molecule has 0 saturated carbocycles. The maximum absolute atomic E-state index is 15.7. The number of rotatable bonds is 9. The van der Waals surface area contributed by atoms with Gasteiger partial charge in [0.15, 0.2) is 0 Å². The molecule has 2 amide bonds. The highest BCUT2D eigenvalue weighted by Gasteiger charge is 2.42. The van der Waals surface area contributed by atoms with Crippen molar-refractivity contribution in [1.29, 1.82) is 10.5 Å². The van der Waals surface area contributed by atoms with Gasteiger partial charge in [0.2, 0.25) is 0 Å². The van der Waals surface area contributed by atoms with E-state index >= 15 is 9.59 Å². The van der Waals surface area contributed by atoms with Crippen molar-refractivity contribution in [3.63, 3.8) is 0 Å². The zero-order chi connectivity index (χ0) is 36.1. The molecule has 0 bridgehead atoms. The van der Waals surface area contributed by atoms with Crippen molar-refractivity contribution < 1.29 is 9.59 Å². The van der Waals surface area contributed by atoms with E-state index in [1.54, 1.807) is 0 Å². The van der Waals surface area contributed by atoms with Crippen LogP contribution < -0.4 is 10.0 Å². The fourth-order valence-corrected chi connectivity index (χ4v) is 8.49. The minimum absolute atomic E-state index is 0.311. The summed E-state index contributed by atoms with van der Waals surface area (Å²) in [4.78, 5) is 33.1. The van der Waals surface area contributed by atoms with Gasteiger partial charge in [-0.1, -0.05) is 121 Å². The lowest BCUT2D eigenvalue weighted by atomic mass is 9.89. The lowest BCUT2D eigenvalue weighted by Gasteiger charge is -2.37. The first-order valence-electron chi connectivity index (χ1n) is 16.6. The molecule has 0 aliphatic carbocycles. The topological polar surface area (TPSA) is 88.2 Å².